The van der Waals surface area contributed by atoms with E-state index in [1.807, 2.05) is 111 Å². The van der Waals surface area contributed by atoms with Gasteiger partial charge in [0.2, 0.25) is 0 Å². The molecule has 0 bridgehead atoms. The van der Waals surface area contributed by atoms with Gasteiger partial charge >= 0.3 is 12.7 Å². The van der Waals surface area contributed by atoms with Crippen molar-refractivity contribution >= 4 is 90.4 Å². The van der Waals surface area contributed by atoms with Crippen LogP contribution in [0, 0.1) is 28.1 Å². The van der Waals surface area contributed by atoms with Crippen molar-refractivity contribution in [3.63, 3.8) is 0 Å². The first-order valence-corrected chi connectivity index (χ1v) is 16.0. The molecular formula is C29H18F6I4O2. The summed E-state index contributed by atoms with van der Waals surface area (Å²) in [7, 11) is 0. The predicted molar refractivity (Wildman–Crippen MR) is 180 cm³/mol. The first-order chi connectivity index (χ1) is 19.0. The molecule has 0 aromatic heterocycles. The normalized spacial score (nSPS) is 12.0. The smallest absolute Gasteiger partial charge is 0.406 e. The molecule has 0 saturated heterocycles. The van der Waals surface area contributed by atoms with Gasteiger partial charge < -0.3 is 9.47 Å². The van der Waals surface area contributed by atoms with Crippen LogP contribution in [0.4, 0.5) is 26.3 Å². The van der Waals surface area contributed by atoms with Crippen LogP contribution >= 0.6 is 90.4 Å². The van der Waals surface area contributed by atoms with Crippen molar-refractivity contribution in [2.24, 2.45) is 0 Å². The molecule has 0 fully saturated rings. The molecule has 0 spiro atoms. The highest BCUT2D eigenvalue weighted by Crippen LogP contribution is 2.38. The Morgan fingerprint density at radius 3 is 1.46 bits per heavy atom. The minimum Gasteiger partial charge on any atom is -0.406 e. The Labute approximate surface area is 287 Å². The molecule has 4 aromatic carbocycles. The van der Waals surface area contributed by atoms with Crippen molar-refractivity contribution in [1.82, 2.24) is 0 Å². The zero-order valence-electron chi connectivity index (χ0n) is 21.1. The number of aryl methyl sites for hydroxylation is 2. The topological polar surface area (TPSA) is 18.5 Å². The summed E-state index contributed by atoms with van der Waals surface area (Å²) in [5.74, 6) is -0.500. The summed E-state index contributed by atoms with van der Waals surface area (Å²) in [5.41, 5.74) is 7.38. The van der Waals surface area contributed by atoms with Gasteiger partial charge in [-0.3, -0.25) is 0 Å². The van der Waals surface area contributed by atoms with Crippen LogP contribution in [0.3, 0.4) is 0 Å². The number of rotatable bonds is 6. The molecule has 4 aromatic rings. The third kappa shape index (κ3) is 8.55. The molecule has 0 aliphatic heterocycles. The number of benzene rings is 4. The number of hydrogen-bond donors (Lipinski definition) is 0. The van der Waals surface area contributed by atoms with E-state index in [0.717, 1.165) is 42.5 Å². The fraction of sp³-hybridized carbons (Fsp3) is 0.172. The third-order valence-corrected chi connectivity index (χ3v) is 9.65. The standard InChI is InChI=1S/C29H18F6I4O2/c1-14-7-18(26-15(2)8-20(11-23(26)37)40-28(30,31)32)5-3-16(14)9-17-4-6-19(10-22(17)36)27-24(38)12-21(13-25(27)39)41-29(33,34)35/h3-8,10-13H,9H2,1-2H3. The van der Waals surface area contributed by atoms with E-state index in [1.165, 1.54) is 24.3 Å². The maximum absolute atomic E-state index is 12.7. The van der Waals surface area contributed by atoms with Crippen molar-refractivity contribution in [2.75, 3.05) is 0 Å². The van der Waals surface area contributed by atoms with Crippen LogP contribution < -0.4 is 9.47 Å². The Kier molecular flexibility index (Phi) is 10.4. The fourth-order valence-electron chi connectivity index (χ4n) is 4.39. The van der Waals surface area contributed by atoms with Crippen molar-refractivity contribution in [2.45, 2.75) is 33.0 Å². The van der Waals surface area contributed by atoms with Gasteiger partial charge in [0.1, 0.15) is 11.5 Å². The molecule has 0 saturated carbocycles. The summed E-state index contributed by atoms with van der Waals surface area (Å²) in [6, 6.07) is 17.5. The molecule has 0 radical (unpaired) electrons. The van der Waals surface area contributed by atoms with Crippen molar-refractivity contribution in [3.05, 3.63) is 97.2 Å². The first-order valence-electron chi connectivity index (χ1n) is 11.7. The van der Waals surface area contributed by atoms with Crippen LogP contribution in [0.25, 0.3) is 22.3 Å². The first kappa shape index (κ1) is 32.9. The van der Waals surface area contributed by atoms with Gasteiger partial charge in [-0.2, -0.15) is 0 Å². The van der Waals surface area contributed by atoms with E-state index < -0.39 is 12.7 Å². The fourth-order valence-corrected chi connectivity index (χ4v) is 8.47. The average molecular weight is 1020 g/mol. The van der Waals surface area contributed by atoms with E-state index >= 15 is 0 Å². The van der Waals surface area contributed by atoms with E-state index in [-0.39, 0.29) is 11.5 Å². The van der Waals surface area contributed by atoms with E-state index in [4.69, 9.17) is 0 Å². The lowest BCUT2D eigenvalue weighted by molar-refractivity contribution is -0.275. The van der Waals surface area contributed by atoms with Gasteiger partial charge in [-0.05, 0) is 180 Å². The Bertz CT molecular complexity index is 1450. The molecule has 0 unspecified atom stereocenters. The largest absolute Gasteiger partial charge is 0.573 e. The second kappa shape index (κ2) is 12.9. The Balaban J connectivity index is 1.58. The highest BCUT2D eigenvalue weighted by molar-refractivity contribution is 14.1. The summed E-state index contributed by atoms with van der Waals surface area (Å²) in [6.45, 7) is 3.76. The zero-order chi connectivity index (χ0) is 30.3. The van der Waals surface area contributed by atoms with Gasteiger partial charge in [0, 0.05) is 19.8 Å². The lowest BCUT2D eigenvalue weighted by atomic mass is 9.93. The summed E-state index contributed by atoms with van der Waals surface area (Å²) < 4.78 is 87.2. The van der Waals surface area contributed by atoms with Crippen molar-refractivity contribution < 1.29 is 35.8 Å². The molecule has 0 aliphatic carbocycles. The van der Waals surface area contributed by atoms with E-state index in [2.05, 4.69) is 32.1 Å². The van der Waals surface area contributed by atoms with Gasteiger partial charge in [0.05, 0.1) is 0 Å². The highest BCUT2D eigenvalue weighted by Gasteiger charge is 2.32. The SMILES string of the molecule is Cc1cc(-c2c(C)cc(OC(F)(F)F)cc2I)ccc1Cc1ccc(-c2c(I)cc(OC(F)(F)F)cc2I)cc1I. The van der Waals surface area contributed by atoms with Crippen molar-refractivity contribution in [1.29, 1.82) is 0 Å². The van der Waals surface area contributed by atoms with Gasteiger partial charge in [0.15, 0.2) is 0 Å². The Hall–Kier alpha value is -1.02. The number of halogens is 10. The molecule has 0 atom stereocenters. The second-order valence-electron chi connectivity index (χ2n) is 9.08. The van der Waals surface area contributed by atoms with E-state index in [9.17, 15) is 26.3 Å². The lowest BCUT2D eigenvalue weighted by Crippen LogP contribution is -2.17. The van der Waals surface area contributed by atoms with Crippen LogP contribution in [-0.2, 0) is 6.42 Å². The summed E-state index contributed by atoms with van der Waals surface area (Å²) in [5, 5.41) is 0. The van der Waals surface area contributed by atoms with Crippen LogP contribution in [0.1, 0.15) is 22.3 Å². The molecule has 0 heterocycles. The quantitative estimate of drug-likeness (QED) is 0.142. The maximum atomic E-state index is 12.7. The molecule has 216 valence electrons. The van der Waals surface area contributed by atoms with E-state index in [0.29, 0.717) is 22.7 Å². The Morgan fingerprint density at radius 1 is 0.537 bits per heavy atom. The van der Waals surface area contributed by atoms with Gasteiger partial charge in [-0.1, -0.05) is 30.3 Å². The molecule has 41 heavy (non-hydrogen) atoms. The summed E-state index contributed by atoms with van der Waals surface area (Å²) >= 11 is 8.32. The molecule has 12 heteroatoms. The van der Waals surface area contributed by atoms with Crippen LogP contribution in [0.5, 0.6) is 11.5 Å². The third-order valence-electron chi connectivity index (χ3n) is 6.10. The van der Waals surface area contributed by atoms with Crippen LogP contribution in [-0.4, -0.2) is 12.7 Å². The molecule has 0 N–H and O–H groups in total. The molecule has 0 aliphatic rings. The van der Waals surface area contributed by atoms with Gasteiger partial charge in [-0.15, -0.1) is 26.3 Å². The predicted octanol–water partition coefficient (Wildman–Crippen LogP) is 11.4. The van der Waals surface area contributed by atoms with Gasteiger partial charge in [-0.25, -0.2) is 0 Å². The molecular weight excluding hydrogens is 1000 g/mol. The molecule has 0 amide bonds. The van der Waals surface area contributed by atoms with Gasteiger partial charge in [0.25, 0.3) is 0 Å². The maximum Gasteiger partial charge on any atom is 0.573 e. The van der Waals surface area contributed by atoms with Crippen LogP contribution in [0.15, 0.2) is 60.7 Å². The monoisotopic (exact) mass is 1020 g/mol. The zero-order valence-corrected chi connectivity index (χ0v) is 29.7. The average Bonchev–Trinajstić information content (AvgIpc) is 2.79. The number of alkyl halides is 6. The summed E-state index contributed by atoms with van der Waals surface area (Å²) in [4.78, 5) is 0. The highest BCUT2D eigenvalue weighted by atomic mass is 127. The summed E-state index contributed by atoms with van der Waals surface area (Å²) in [6.07, 6.45) is -8.85. The Morgan fingerprint density at radius 2 is 1.00 bits per heavy atom. The lowest BCUT2D eigenvalue weighted by Gasteiger charge is -2.16. The van der Waals surface area contributed by atoms with E-state index in [1.54, 1.807) is 6.92 Å². The van der Waals surface area contributed by atoms with Crippen molar-refractivity contribution in [3.8, 4) is 33.8 Å². The van der Waals surface area contributed by atoms with Crippen LogP contribution in [0.2, 0.25) is 0 Å². The second-order valence-corrected chi connectivity index (χ2v) is 13.7. The number of ether oxygens (including phenoxy) is 2. The number of hydrogen-bond acceptors (Lipinski definition) is 2. The minimum absolute atomic E-state index is 0.246. The minimum atomic E-state index is -4.76. The molecule has 4 rings (SSSR count). The molecule has 2 nitrogen and oxygen atoms in total.